The Kier molecular flexibility index (Phi) is 9.35. The molecule has 1 aromatic rings. The van der Waals surface area contributed by atoms with Crippen LogP contribution in [0.2, 0.25) is 0 Å². The molecule has 1 atom stereocenters. The average molecular weight is 277 g/mol. The van der Waals surface area contributed by atoms with Crippen LogP contribution in [0, 0.1) is 5.92 Å². The molecule has 0 heterocycles. The van der Waals surface area contributed by atoms with Gasteiger partial charge in [-0.15, -0.1) is 0 Å². The van der Waals surface area contributed by atoms with E-state index >= 15 is 0 Å². The molecule has 114 valence electrons. The van der Waals surface area contributed by atoms with Gasteiger partial charge in [0.15, 0.2) is 0 Å². The van der Waals surface area contributed by atoms with Gasteiger partial charge in [-0.1, -0.05) is 70.4 Å². The van der Waals surface area contributed by atoms with Gasteiger partial charge in [0.2, 0.25) is 0 Å². The van der Waals surface area contributed by atoms with Gasteiger partial charge in [-0.2, -0.15) is 0 Å². The molecule has 0 saturated carbocycles. The Morgan fingerprint density at radius 2 is 1.85 bits per heavy atom. The first-order valence-corrected chi connectivity index (χ1v) is 8.10. The Morgan fingerprint density at radius 3 is 2.50 bits per heavy atom. The van der Waals surface area contributed by atoms with Gasteiger partial charge < -0.3 is 10.1 Å². The van der Waals surface area contributed by atoms with E-state index in [2.05, 4.69) is 56.4 Å². The van der Waals surface area contributed by atoms with Crippen molar-refractivity contribution < 1.29 is 4.74 Å². The van der Waals surface area contributed by atoms with E-state index in [9.17, 15) is 0 Å². The highest BCUT2D eigenvalue weighted by atomic mass is 16.5. The summed E-state index contributed by atoms with van der Waals surface area (Å²) in [6.07, 6.45) is 5.09. The normalized spacial score (nSPS) is 12.8. The van der Waals surface area contributed by atoms with E-state index in [1.54, 1.807) is 0 Å². The summed E-state index contributed by atoms with van der Waals surface area (Å²) in [7, 11) is 0. The lowest BCUT2D eigenvalue weighted by atomic mass is 10.0. The summed E-state index contributed by atoms with van der Waals surface area (Å²) in [4.78, 5) is 0. The molecule has 0 aliphatic heterocycles. The van der Waals surface area contributed by atoms with Crippen molar-refractivity contribution in [2.75, 3.05) is 19.8 Å². The van der Waals surface area contributed by atoms with Crippen LogP contribution in [0.4, 0.5) is 0 Å². The second-order valence-electron chi connectivity index (χ2n) is 5.88. The van der Waals surface area contributed by atoms with Crippen molar-refractivity contribution in [2.24, 2.45) is 5.92 Å². The molecule has 0 radical (unpaired) electrons. The van der Waals surface area contributed by atoms with Gasteiger partial charge in [0, 0.05) is 19.2 Å². The van der Waals surface area contributed by atoms with Crippen LogP contribution in [0.25, 0.3) is 0 Å². The summed E-state index contributed by atoms with van der Waals surface area (Å²) >= 11 is 0. The predicted molar refractivity (Wildman–Crippen MR) is 87.0 cm³/mol. The molecule has 0 spiro atoms. The fraction of sp³-hybridized carbons (Fsp3) is 0.667. The minimum absolute atomic E-state index is 0.463. The lowest BCUT2D eigenvalue weighted by Gasteiger charge is -2.19. The first kappa shape index (κ1) is 17.2. The van der Waals surface area contributed by atoms with Gasteiger partial charge in [0.05, 0.1) is 6.61 Å². The fourth-order valence-corrected chi connectivity index (χ4v) is 2.29. The molecular weight excluding hydrogens is 246 g/mol. The smallest absolute Gasteiger partial charge is 0.0591 e. The second-order valence-corrected chi connectivity index (χ2v) is 5.88. The van der Waals surface area contributed by atoms with Gasteiger partial charge >= 0.3 is 0 Å². The third-order valence-electron chi connectivity index (χ3n) is 3.39. The van der Waals surface area contributed by atoms with Crippen molar-refractivity contribution in [3.8, 4) is 0 Å². The first-order chi connectivity index (χ1) is 9.74. The molecule has 0 amide bonds. The standard InChI is InChI=1S/C18H31NO/c1-4-5-7-12-18(17-10-8-6-9-11-17)19-13-14-20-15-16(2)3/h6,8-11,16,18-19H,4-5,7,12-15H2,1-3H3. The molecule has 0 bridgehead atoms. The molecular formula is C18H31NO. The molecule has 0 aliphatic carbocycles. The number of hydrogen-bond acceptors (Lipinski definition) is 2. The molecule has 0 aliphatic rings. The highest BCUT2D eigenvalue weighted by Crippen LogP contribution is 2.19. The molecule has 0 fully saturated rings. The van der Waals surface area contributed by atoms with E-state index in [4.69, 9.17) is 4.74 Å². The highest BCUT2D eigenvalue weighted by Gasteiger charge is 2.09. The van der Waals surface area contributed by atoms with Crippen molar-refractivity contribution in [2.45, 2.75) is 52.5 Å². The van der Waals surface area contributed by atoms with Gasteiger partial charge in [-0.25, -0.2) is 0 Å². The largest absolute Gasteiger partial charge is 0.380 e. The third kappa shape index (κ3) is 7.66. The number of unbranched alkanes of at least 4 members (excludes halogenated alkanes) is 2. The molecule has 20 heavy (non-hydrogen) atoms. The van der Waals surface area contributed by atoms with Gasteiger partial charge in [0.1, 0.15) is 0 Å². The van der Waals surface area contributed by atoms with E-state index in [1.807, 2.05) is 0 Å². The van der Waals surface area contributed by atoms with Crippen LogP contribution in [0.1, 0.15) is 58.1 Å². The van der Waals surface area contributed by atoms with Gasteiger partial charge in [-0.05, 0) is 17.9 Å². The molecule has 0 saturated heterocycles. The number of benzene rings is 1. The van der Waals surface area contributed by atoms with E-state index in [-0.39, 0.29) is 0 Å². The maximum atomic E-state index is 5.64. The van der Waals surface area contributed by atoms with Crippen LogP contribution in [0.5, 0.6) is 0 Å². The SMILES string of the molecule is CCCCCC(NCCOCC(C)C)c1ccccc1. The lowest BCUT2D eigenvalue weighted by molar-refractivity contribution is 0.109. The van der Waals surface area contributed by atoms with Gasteiger partial charge in [-0.3, -0.25) is 0 Å². The number of hydrogen-bond donors (Lipinski definition) is 1. The molecule has 1 rings (SSSR count). The van der Waals surface area contributed by atoms with Crippen LogP contribution in [-0.4, -0.2) is 19.8 Å². The summed E-state index contributed by atoms with van der Waals surface area (Å²) in [6.45, 7) is 9.21. The van der Waals surface area contributed by atoms with Crippen LogP contribution >= 0.6 is 0 Å². The number of rotatable bonds is 11. The third-order valence-corrected chi connectivity index (χ3v) is 3.39. The molecule has 1 aromatic carbocycles. The maximum Gasteiger partial charge on any atom is 0.0591 e. The zero-order chi connectivity index (χ0) is 14.6. The van der Waals surface area contributed by atoms with Crippen molar-refractivity contribution in [3.05, 3.63) is 35.9 Å². The molecule has 1 N–H and O–H groups in total. The zero-order valence-electron chi connectivity index (χ0n) is 13.4. The van der Waals surface area contributed by atoms with Crippen molar-refractivity contribution >= 4 is 0 Å². The molecule has 2 heteroatoms. The van der Waals surface area contributed by atoms with E-state index < -0.39 is 0 Å². The average Bonchev–Trinajstić information content (AvgIpc) is 2.46. The minimum atomic E-state index is 0.463. The highest BCUT2D eigenvalue weighted by molar-refractivity contribution is 5.18. The maximum absolute atomic E-state index is 5.64. The van der Waals surface area contributed by atoms with Crippen LogP contribution in [0.3, 0.4) is 0 Å². The molecule has 0 aromatic heterocycles. The number of ether oxygens (including phenoxy) is 1. The van der Waals surface area contributed by atoms with Crippen molar-refractivity contribution in [1.82, 2.24) is 5.32 Å². The van der Waals surface area contributed by atoms with E-state index in [0.29, 0.717) is 12.0 Å². The van der Waals surface area contributed by atoms with Crippen molar-refractivity contribution in [1.29, 1.82) is 0 Å². The Bertz CT molecular complexity index is 323. The van der Waals surface area contributed by atoms with Crippen LogP contribution < -0.4 is 5.32 Å². The van der Waals surface area contributed by atoms with E-state index in [0.717, 1.165) is 19.8 Å². The Balaban J connectivity index is 2.35. The van der Waals surface area contributed by atoms with E-state index in [1.165, 1.54) is 31.2 Å². The summed E-state index contributed by atoms with van der Waals surface area (Å²) in [5.74, 6) is 0.615. The predicted octanol–water partition coefficient (Wildman–Crippen LogP) is 4.57. The van der Waals surface area contributed by atoms with Gasteiger partial charge in [0.25, 0.3) is 0 Å². The minimum Gasteiger partial charge on any atom is -0.380 e. The summed E-state index contributed by atoms with van der Waals surface area (Å²) < 4.78 is 5.64. The quantitative estimate of drug-likeness (QED) is 0.598. The number of nitrogens with one attached hydrogen (secondary N) is 1. The summed E-state index contributed by atoms with van der Waals surface area (Å²) in [5, 5.41) is 3.64. The first-order valence-electron chi connectivity index (χ1n) is 8.10. The second kappa shape index (κ2) is 10.9. The van der Waals surface area contributed by atoms with Crippen LogP contribution in [0.15, 0.2) is 30.3 Å². The fourth-order valence-electron chi connectivity index (χ4n) is 2.29. The summed E-state index contributed by atoms with van der Waals surface area (Å²) in [6, 6.07) is 11.2. The molecule has 1 unspecified atom stereocenters. The lowest BCUT2D eigenvalue weighted by Crippen LogP contribution is -2.26. The zero-order valence-corrected chi connectivity index (χ0v) is 13.4. The Labute approximate surface area is 124 Å². The Morgan fingerprint density at radius 1 is 1.10 bits per heavy atom. The Hall–Kier alpha value is -0.860. The monoisotopic (exact) mass is 277 g/mol. The van der Waals surface area contributed by atoms with Crippen molar-refractivity contribution in [3.63, 3.8) is 0 Å². The molecule has 2 nitrogen and oxygen atoms in total. The van der Waals surface area contributed by atoms with Crippen LogP contribution in [-0.2, 0) is 4.74 Å². The summed E-state index contributed by atoms with van der Waals surface area (Å²) in [5.41, 5.74) is 1.40. The topological polar surface area (TPSA) is 21.3 Å².